The quantitative estimate of drug-likeness (QED) is 0.138. The summed E-state index contributed by atoms with van der Waals surface area (Å²) in [4.78, 5) is 45.5. The number of anilines is 1. The number of hydrogen-bond donors (Lipinski definition) is 2. The minimum Gasteiger partial charge on any atom is -0.460 e. The Morgan fingerprint density at radius 3 is 2.35 bits per heavy atom. The molecule has 2 aromatic heterocycles. The average Bonchev–Trinajstić information content (AvgIpc) is 3.77. The molecule has 0 unspecified atom stereocenters. The Hall–Kier alpha value is -4.08. The van der Waals surface area contributed by atoms with Crippen LogP contribution < -0.4 is 15.3 Å². The third-order valence-corrected chi connectivity index (χ3v) is 10.3. The number of carbonyl (C=O) groups is 3. The van der Waals surface area contributed by atoms with Gasteiger partial charge in [-0.05, 0) is 51.6 Å². The lowest BCUT2D eigenvalue weighted by molar-refractivity contribution is -0.175. The molecule has 7 atom stereocenters. The van der Waals surface area contributed by atoms with Crippen LogP contribution in [0.5, 0.6) is 5.75 Å². The molecule has 0 spiro atoms. The summed E-state index contributed by atoms with van der Waals surface area (Å²) in [7, 11) is -2.47. The zero-order chi connectivity index (χ0) is 37.1. The Kier molecular flexibility index (Phi) is 11.7. The summed E-state index contributed by atoms with van der Waals surface area (Å²) in [6.07, 6.45) is -1.90. The van der Waals surface area contributed by atoms with Gasteiger partial charge in [0.25, 0.3) is 0 Å². The lowest BCUT2D eigenvalue weighted by Gasteiger charge is -2.33. The van der Waals surface area contributed by atoms with Crippen molar-refractivity contribution in [3.05, 3.63) is 54.5 Å². The maximum Gasteiger partial charge on any atom is 0.459 e. The monoisotopic (exact) mass is 730 g/mol. The van der Waals surface area contributed by atoms with Crippen molar-refractivity contribution in [2.24, 2.45) is 11.8 Å². The van der Waals surface area contributed by atoms with Gasteiger partial charge in [0.15, 0.2) is 18.0 Å². The molecule has 0 amide bonds. The Morgan fingerprint density at radius 1 is 1.02 bits per heavy atom. The van der Waals surface area contributed by atoms with E-state index in [1.165, 1.54) is 17.8 Å². The lowest BCUT2D eigenvalue weighted by atomic mass is 9.95. The highest BCUT2D eigenvalue weighted by Gasteiger charge is 2.59. The summed E-state index contributed by atoms with van der Waals surface area (Å²) in [5.41, 5.74) is 5.39. The number of fused-ring (bicyclic) bond motifs is 1. The predicted molar refractivity (Wildman–Crippen MR) is 184 cm³/mol. The average molecular weight is 731 g/mol. The molecule has 2 saturated heterocycles. The Morgan fingerprint density at radius 2 is 1.71 bits per heavy atom. The zero-order valence-electron chi connectivity index (χ0n) is 29.9. The second kappa shape index (κ2) is 15.7. The van der Waals surface area contributed by atoms with E-state index in [-0.39, 0.29) is 17.7 Å². The molecular formula is C34H47N6O10P. The zero-order valence-corrected chi connectivity index (χ0v) is 30.8. The molecule has 278 valence electrons. The van der Waals surface area contributed by atoms with E-state index >= 15 is 0 Å². The molecule has 16 nitrogen and oxygen atoms in total. The van der Waals surface area contributed by atoms with Gasteiger partial charge in [-0.2, -0.15) is 10.2 Å². The fraction of sp³-hybridized carbons (Fsp3) is 0.559. The molecule has 17 heteroatoms. The van der Waals surface area contributed by atoms with Gasteiger partial charge < -0.3 is 34.1 Å². The third kappa shape index (κ3) is 8.87. The number of nitrogens with one attached hydrogen (secondary N) is 1. The minimum atomic E-state index is -4.40. The van der Waals surface area contributed by atoms with Crippen LogP contribution >= 0.6 is 7.75 Å². The molecule has 3 aromatic rings. The number of nitrogens with two attached hydrogens (primary N) is 1. The molecule has 0 bridgehead atoms. The van der Waals surface area contributed by atoms with E-state index in [1.807, 2.05) is 11.9 Å². The second-order valence-electron chi connectivity index (χ2n) is 13.8. The first-order valence-corrected chi connectivity index (χ1v) is 18.5. The number of ether oxygens (including phenoxy) is 4. The molecule has 0 aliphatic carbocycles. The molecule has 5 rings (SSSR count). The first kappa shape index (κ1) is 38.2. The summed E-state index contributed by atoms with van der Waals surface area (Å²) in [6, 6.07) is 10.6. The summed E-state index contributed by atoms with van der Waals surface area (Å²) >= 11 is 0. The Bertz CT molecular complexity index is 1760. The van der Waals surface area contributed by atoms with Crippen molar-refractivity contribution in [1.29, 1.82) is 0 Å². The highest BCUT2D eigenvalue weighted by Crippen LogP contribution is 2.50. The van der Waals surface area contributed by atoms with E-state index < -0.39 is 74.1 Å². The van der Waals surface area contributed by atoms with Gasteiger partial charge in [0.05, 0.1) is 24.1 Å². The molecule has 2 aliphatic heterocycles. The summed E-state index contributed by atoms with van der Waals surface area (Å²) in [5.74, 6) is -2.49. The van der Waals surface area contributed by atoms with Crippen molar-refractivity contribution in [2.45, 2.75) is 84.0 Å². The largest absolute Gasteiger partial charge is 0.460 e. The smallest absolute Gasteiger partial charge is 0.459 e. The van der Waals surface area contributed by atoms with E-state index in [2.05, 4.69) is 15.2 Å². The third-order valence-electron chi connectivity index (χ3n) is 8.66. The van der Waals surface area contributed by atoms with Crippen molar-refractivity contribution in [3.63, 3.8) is 0 Å². The number of para-hydroxylation sites is 1. The highest BCUT2D eigenvalue weighted by atomic mass is 31.2. The van der Waals surface area contributed by atoms with Crippen LogP contribution in [0.2, 0.25) is 0 Å². The summed E-state index contributed by atoms with van der Waals surface area (Å²) < 4.78 is 52.3. The van der Waals surface area contributed by atoms with Crippen LogP contribution in [-0.2, 0) is 42.4 Å². The number of nitrogen functional groups attached to an aromatic ring is 1. The van der Waals surface area contributed by atoms with Crippen LogP contribution in [-0.4, -0.2) is 94.1 Å². The number of likely N-dealkylation sites (N-methyl/N-ethyl adjacent to an activating group) is 1. The van der Waals surface area contributed by atoms with Crippen LogP contribution in [0, 0.1) is 11.8 Å². The molecule has 0 radical (unpaired) electrons. The number of aromatic nitrogens is 3. The normalized spacial score (nSPS) is 25.5. The van der Waals surface area contributed by atoms with Gasteiger partial charge in [-0.3, -0.25) is 18.9 Å². The van der Waals surface area contributed by atoms with Gasteiger partial charge in [0.1, 0.15) is 41.4 Å². The van der Waals surface area contributed by atoms with E-state index in [4.69, 9.17) is 33.7 Å². The number of esters is 3. The summed E-state index contributed by atoms with van der Waals surface area (Å²) in [5, 5.41) is 7.03. The fourth-order valence-corrected chi connectivity index (χ4v) is 7.37. The number of nitrogens with zero attached hydrogens (tertiary/aromatic N) is 4. The van der Waals surface area contributed by atoms with Gasteiger partial charge >= 0.3 is 25.7 Å². The van der Waals surface area contributed by atoms with Crippen molar-refractivity contribution in [1.82, 2.24) is 24.6 Å². The van der Waals surface area contributed by atoms with Gasteiger partial charge in [-0.1, -0.05) is 45.9 Å². The van der Waals surface area contributed by atoms with Gasteiger partial charge in [0, 0.05) is 13.1 Å². The number of benzene rings is 1. The Balaban J connectivity index is 1.48. The van der Waals surface area contributed by atoms with Gasteiger partial charge in [-0.15, -0.1) is 0 Å². The van der Waals surface area contributed by atoms with E-state index in [0.29, 0.717) is 24.2 Å². The minimum absolute atomic E-state index is 0.199. The van der Waals surface area contributed by atoms with Crippen molar-refractivity contribution in [3.8, 4) is 5.75 Å². The van der Waals surface area contributed by atoms with Crippen molar-refractivity contribution < 1.29 is 46.9 Å². The van der Waals surface area contributed by atoms with Crippen LogP contribution in [0.25, 0.3) is 5.52 Å². The fourth-order valence-electron chi connectivity index (χ4n) is 5.78. The molecule has 2 fully saturated rings. The predicted octanol–water partition coefficient (Wildman–Crippen LogP) is 3.71. The number of hydrogen-bond acceptors (Lipinski definition) is 14. The number of likely N-dealkylation sites (tertiary alicyclic amines) is 1. The van der Waals surface area contributed by atoms with Crippen LogP contribution in [0.3, 0.4) is 0 Å². The maximum absolute atomic E-state index is 14.5. The number of rotatable bonds is 14. The van der Waals surface area contributed by atoms with Crippen LogP contribution in [0.1, 0.15) is 59.8 Å². The Labute approximate surface area is 296 Å². The maximum atomic E-state index is 14.5. The second-order valence-corrected chi connectivity index (χ2v) is 15.4. The molecule has 0 saturated carbocycles. The van der Waals surface area contributed by atoms with E-state index in [1.54, 1.807) is 77.1 Å². The number of carbonyl (C=O) groups excluding carboxylic acids is 3. The standard InChI is InChI=1S/C34H47N6O10P/c1-20(2)31(41)47-28-27(25-13-14-26-30(35)36-19-37-40(25)26)49-34(6,29(28)48-32(42)21(3)4)18-45-51(44,50-23-11-9-8-10-12-23)38-22(5)33(43)46-24-15-16-39(7)17-24/h8-14,19-22,24,27-29H,15-18H2,1-7H3,(H,38,44)(H2,35,36,37)/t22-,24+,27-,28-,29-,34+,51+/m0/s1. The van der Waals surface area contributed by atoms with Crippen LogP contribution in [0.15, 0.2) is 48.8 Å². The molecule has 3 N–H and O–H groups in total. The van der Waals surface area contributed by atoms with E-state index in [9.17, 15) is 18.9 Å². The molecule has 51 heavy (non-hydrogen) atoms. The summed E-state index contributed by atoms with van der Waals surface area (Å²) in [6.45, 7) is 10.6. The van der Waals surface area contributed by atoms with E-state index in [0.717, 1.165) is 6.54 Å². The first-order valence-electron chi connectivity index (χ1n) is 16.9. The van der Waals surface area contributed by atoms with Gasteiger partial charge in [0.2, 0.25) is 0 Å². The first-order chi connectivity index (χ1) is 24.1. The molecular weight excluding hydrogens is 683 g/mol. The SMILES string of the molecule is CC(C)C(=O)O[C@H]1[C@H](c2ccc3c(N)ncnn23)O[C@](C)(CO[P@](=O)(N[C@@H](C)C(=O)O[C@@H]2CCN(C)C2)Oc2ccccc2)[C@H]1OC(=O)C(C)C. The van der Waals surface area contributed by atoms with Crippen molar-refractivity contribution in [2.75, 3.05) is 32.5 Å². The topological polar surface area (TPSA) is 195 Å². The van der Waals surface area contributed by atoms with Gasteiger partial charge in [-0.25, -0.2) is 14.1 Å². The highest BCUT2D eigenvalue weighted by molar-refractivity contribution is 7.52. The molecule has 4 heterocycles. The van der Waals surface area contributed by atoms with Crippen molar-refractivity contribution >= 4 is 37.0 Å². The molecule has 2 aliphatic rings. The van der Waals surface area contributed by atoms with Crippen LogP contribution in [0.4, 0.5) is 5.82 Å². The lowest BCUT2D eigenvalue weighted by Crippen LogP contribution is -2.49. The molecule has 1 aromatic carbocycles.